The van der Waals surface area contributed by atoms with E-state index in [2.05, 4.69) is 20.8 Å². The van der Waals surface area contributed by atoms with E-state index in [1.807, 2.05) is 25.6 Å². The normalized spacial score (nSPS) is 11.2. The van der Waals surface area contributed by atoms with Crippen molar-refractivity contribution in [3.63, 3.8) is 0 Å². The third-order valence-electron chi connectivity index (χ3n) is 2.16. The summed E-state index contributed by atoms with van der Waals surface area (Å²) in [5.41, 5.74) is 0. The van der Waals surface area contributed by atoms with Crippen molar-refractivity contribution < 1.29 is 4.74 Å². The van der Waals surface area contributed by atoms with E-state index in [0.717, 1.165) is 31.8 Å². The fraction of sp³-hybridized carbons (Fsp3) is 0.900. The number of nitrogens with zero attached hydrogens (tertiary/aromatic N) is 4. The number of nitrogens with one attached hydrogen (secondary N) is 1. The summed E-state index contributed by atoms with van der Waals surface area (Å²) in [7, 11) is 1.88. The van der Waals surface area contributed by atoms with Crippen molar-refractivity contribution in [1.82, 2.24) is 25.5 Å². The Balaban J connectivity index is 2.18. The van der Waals surface area contributed by atoms with Crippen LogP contribution in [0.25, 0.3) is 0 Å². The molecule has 1 heterocycles. The van der Waals surface area contributed by atoms with Crippen molar-refractivity contribution in [2.75, 3.05) is 13.7 Å². The lowest BCUT2D eigenvalue weighted by atomic mass is 10.3. The summed E-state index contributed by atoms with van der Waals surface area (Å²) in [5.74, 6) is 0.882. The van der Waals surface area contributed by atoms with Crippen molar-refractivity contribution in [3.8, 4) is 0 Å². The molecule has 6 nitrogen and oxygen atoms in total. The molecule has 1 aromatic rings. The van der Waals surface area contributed by atoms with E-state index in [9.17, 15) is 0 Å². The molecule has 1 rings (SSSR count). The molecule has 6 heteroatoms. The second-order valence-electron chi connectivity index (χ2n) is 3.98. The zero-order valence-corrected chi connectivity index (χ0v) is 10.3. The lowest BCUT2D eigenvalue weighted by Crippen LogP contribution is -2.14. The summed E-state index contributed by atoms with van der Waals surface area (Å²) in [6.45, 7) is 6.46. The lowest BCUT2D eigenvalue weighted by molar-refractivity contribution is 0.0752. The quantitative estimate of drug-likeness (QED) is 0.659. The molecule has 16 heavy (non-hydrogen) atoms. The predicted octanol–water partition coefficient (Wildman–Crippen LogP) is 0.598. The number of unbranched alkanes of at least 4 members (excludes halogenated alkanes) is 1. The lowest BCUT2D eigenvalue weighted by Gasteiger charge is -2.07. The maximum atomic E-state index is 5.47. The van der Waals surface area contributed by atoms with E-state index in [1.165, 1.54) is 0 Å². The molecule has 0 fully saturated rings. The second-order valence-corrected chi connectivity index (χ2v) is 3.98. The van der Waals surface area contributed by atoms with Gasteiger partial charge in [0, 0.05) is 13.2 Å². The van der Waals surface area contributed by atoms with E-state index < -0.39 is 0 Å². The number of hydrogen-bond acceptors (Lipinski definition) is 5. The summed E-state index contributed by atoms with van der Waals surface area (Å²) in [6.07, 6.45) is 2.39. The molecule has 0 aromatic carbocycles. The Morgan fingerprint density at radius 2 is 2.19 bits per heavy atom. The van der Waals surface area contributed by atoms with Gasteiger partial charge in [-0.1, -0.05) is 0 Å². The Hall–Kier alpha value is -1.01. The molecule has 0 amide bonds. The molecule has 0 saturated heterocycles. The molecule has 0 aliphatic rings. The van der Waals surface area contributed by atoms with Crippen LogP contribution >= 0.6 is 0 Å². The van der Waals surface area contributed by atoms with Crippen LogP contribution in [0.4, 0.5) is 0 Å². The van der Waals surface area contributed by atoms with Crippen molar-refractivity contribution in [3.05, 3.63) is 5.82 Å². The number of tetrazole rings is 1. The van der Waals surface area contributed by atoms with Crippen LogP contribution in [0.2, 0.25) is 0 Å². The Morgan fingerprint density at radius 1 is 1.38 bits per heavy atom. The largest absolute Gasteiger partial charge is 0.379 e. The third kappa shape index (κ3) is 4.67. The van der Waals surface area contributed by atoms with Gasteiger partial charge in [-0.25, -0.2) is 4.68 Å². The van der Waals surface area contributed by atoms with Crippen molar-refractivity contribution in [1.29, 1.82) is 0 Å². The van der Waals surface area contributed by atoms with Gasteiger partial charge in [0.2, 0.25) is 0 Å². The molecule has 0 saturated carbocycles. The van der Waals surface area contributed by atoms with Gasteiger partial charge in [-0.15, -0.1) is 5.10 Å². The van der Waals surface area contributed by atoms with Crippen LogP contribution in [-0.2, 0) is 17.8 Å². The average molecular weight is 227 g/mol. The molecule has 92 valence electrons. The Labute approximate surface area is 96.4 Å². The van der Waals surface area contributed by atoms with Crippen LogP contribution in [0.15, 0.2) is 0 Å². The van der Waals surface area contributed by atoms with Crippen molar-refractivity contribution >= 4 is 0 Å². The zero-order chi connectivity index (χ0) is 11.8. The molecule has 0 aliphatic heterocycles. The predicted molar refractivity (Wildman–Crippen MR) is 60.9 cm³/mol. The van der Waals surface area contributed by atoms with Gasteiger partial charge in [-0.2, -0.15) is 0 Å². The monoisotopic (exact) mass is 227 g/mol. The fourth-order valence-electron chi connectivity index (χ4n) is 1.36. The van der Waals surface area contributed by atoms with Crippen molar-refractivity contribution in [2.24, 2.45) is 0 Å². The standard InChI is InChI=1S/C10H21N5O/c1-9(2)16-7-5-4-6-15-10(8-11-3)12-13-14-15/h9,11H,4-8H2,1-3H3. The molecular weight excluding hydrogens is 206 g/mol. The Bertz CT molecular complexity index is 286. The van der Waals surface area contributed by atoms with E-state index >= 15 is 0 Å². The summed E-state index contributed by atoms with van der Waals surface area (Å²) in [4.78, 5) is 0. The molecule has 1 N–H and O–H groups in total. The average Bonchev–Trinajstić information content (AvgIpc) is 2.65. The first-order chi connectivity index (χ1) is 7.74. The molecule has 0 spiro atoms. The summed E-state index contributed by atoms with van der Waals surface area (Å²) in [6, 6.07) is 0. The molecular formula is C10H21N5O. The SMILES string of the molecule is CNCc1nnnn1CCCCOC(C)C. The van der Waals surface area contributed by atoms with Gasteiger partial charge >= 0.3 is 0 Å². The molecule has 0 bridgehead atoms. The Kier molecular flexibility index (Phi) is 5.95. The molecule has 1 aromatic heterocycles. The smallest absolute Gasteiger partial charge is 0.165 e. The van der Waals surface area contributed by atoms with Crippen LogP contribution < -0.4 is 5.32 Å². The minimum absolute atomic E-state index is 0.313. The first-order valence-electron chi connectivity index (χ1n) is 5.75. The number of aryl methyl sites for hydroxylation is 1. The maximum absolute atomic E-state index is 5.47. The minimum atomic E-state index is 0.313. The molecule has 0 unspecified atom stereocenters. The van der Waals surface area contributed by atoms with Crippen molar-refractivity contribution in [2.45, 2.75) is 45.9 Å². The van der Waals surface area contributed by atoms with Crippen LogP contribution in [-0.4, -0.2) is 40.0 Å². The topological polar surface area (TPSA) is 64.9 Å². The van der Waals surface area contributed by atoms with E-state index in [-0.39, 0.29) is 0 Å². The highest BCUT2D eigenvalue weighted by Crippen LogP contribution is 1.99. The number of ether oxygens (including phenoxy) is 1. The highest BCUT2D eigenvalue weighted by Gasteiger charge is 2.03. The summed E-state index contributed by atoms with van der Waals surface area (Å²) in [5, 5.41) is 14.6. The highest BCUT2D eigenvalue weighted by molar-refractivity contribution is 4.78. The number of aromatic nitrogens is 4. The number of rotatable bonds is 8. The first-order valence-corrected chi connectivity index (χ1v) is 5.75. The molecule has 0 atom stereocenters. The summed E-state index contributed by atoms with van der Waals surface area (Å²) >= 11 is 0. The molecule has 0 aliphatic carbocycles. The van der Waals surface area contributed by atoms with Gasteiger partial charge in [0.05, 0.1) is 12.6 Å². The fourth-order valence-corrected chi connectivity index (χ4v) is 1.36. The first kappa shape index (κ1) is 13.1. The summed E-state index contributed by atoms with van der Waals surface area (Å²) < 4.78 is 7.30. The second kappa shape index (κ2) is 7.29. The molecule has 0 radical (unpaired) electrons. The third-order valence-corrected chi connectivity index (χ3v) is 2.16. The van der Waals surface area contributed by atoms with Gasteiger partial charge < -0.3 is 10.1 Å². The maximum Gasteiger partial charge on any atom is 0.165 e. The number of hydrogen-bond donors (Lipinski definition) is 1. The zero-order valence-electron chi connectivity index (χ0n) is 10.3. The van der Waals surface area contributed by atoms with Gasteiger partial charge in [0.1, 0.15) is 0 Å². The van der Waals surface area contributed by atoms with Crippen LogP contribution in [0, 0.1) is 0 Å². The van der Waals surface area contributed by atoms with Gasteiger partial charge in [0.25, 0.3) is 0 Å². The van der Waals surface area contributed by atoms with Gasteiger partial charge in [0.15, 0.2) is 5.82 Å². The van der Waals surface area contributed by atoms with E-state index in [0.29, 0.717) is 12.6 Å². The minimum Gasteiger partial charge on any atom is -0.379 e. The Morgan fingerprint density at radius 3 is 2.88 bits per heavy atom. The highest BCUT2D eigenvalue weighted by atomic mass is 16.5. The van der Waals surface area contributed by atoms with E-state index in [4.69, 9.17) is 4.74 Å². The van der Waals surface area contributed by atoms with Gasteiger partial charge in [-0.3, -0.25) is 0 Å². The van der Waals surface area contributed by atoms with Gasteiger partial charge in [-0.05, 0) is 44.2 Å². The van der Waals surface area contributed by atoms with Crippen LogP contribution in [0.1, 0.15) is 32.5 Å². The van der Waals surface area contributed by atoms with Crippen LogP contribution in [0.3, 0.4) is 0 Å². The van der Waals surface area contributed by atoms with Crippen LogP contribution in [0.5, 0.6) is 0 Å². The van der Waals surface area contributed by atoms with E-state index in [1.54, 1.807) is 0 Å².